The highest BCUT2D eigenvalue weighted by atomic mass is 35.5. The lowest BCUT2D eigenvalue weighted by molar-refractivity contribution is -0.164. The van der Waals surface area contributed by atoms with Gasteiger partial charge in [-0.05, 0) is 31.2 Å². The third-order valence-corrected chi connectivity index (χ3v) is 4.36. The molecule has 2 atom stereocenters. The normalized spacial score (nSPS) is 18.1. The number of pyridine rings is 1. The summed E-state index contributed by atoms with van der Waals surface area (Å²) >= 11 is 5.62. The van der Waals surface area contributed by atoms with Gasteiger partial charge in [-0.1, -0.05) is 31.5 Å². The van der Waals surface area contributed by atoms with Gasteiger partial charge in [0, 0.05) is 11.8 Å². The van der Waals surface area contributed by atoms with Crippen LogP contribution in [-0.4, -0.2) is 28.6 Å². The van der Waals surface area contributed by atoms with Gasteiger partial charge in [0.05, 0.1) is 12.1 Å². The molecule has 1 aromatic heterocycles. The predicted molar refractivity (Wildman–Crippen MR) is 90.1 cm³/mol. The molecule has 1 heterocycles. The lowest BCUT2D eigenvalue weighted by Crippen LogP contribution is -2.52. The largest absolute Gasteiger partial charge is 0.412 e. The van der Waals surface area contributed by atoms with Gasteiger partial charge < -0.3 is 5.32 Å². The maximum absolute atomic E-state index is 13.5. The molecule has 1 aliphatic rings. The fourth-order valence-electron chi connectivity index (χ4n) is 2.60. The zero-order valence-corrected chi connectivity index (χ0v) is 15.2. The summed E-state index contributed by atoms with van der Waals surface area (Å²) in [5.41, 5.74) is -1.02. The van der Waals surface area contributed by atoms with E-state index >= 15 is 0 Å². The van der Waals surface area contributed by atoms with E-state index in [2.05, 4.69) is 21.7 Å². The second-order valence-corrected chi connectivity index (χ2v) is 7.31. The standard InChI is InChI=1S/C17H20ClF3N4O/c1-10(2)7-12(25-16(9-22)5-6-16)15(26)24-14(17(19,20)21)11-3-4-13(18)23-8-11/h3-4,8,10,12,14,25H,5-7H2,1-2H3,(H,24,26)/t12-,14-/m0/s1. The number of rotatable bonds is 7. The molecule has 0 spiro atoms. The number of halogens is 4. The van der Waals surface area contributed by atoms with Gasteiger partial charge >= 0.3 is 6.18 Å². The van der Waals surface area contributed by atoms with Crippen LogP contribution in [0.15, 0.2) is 18.3 Å². The maximum Gasteiger partial charge on any atom is 0.412 e. The van der Waals surface area contributed by atoms with Gasteiger partial charge in [-0.2, -0.15) is 18.4 Å². The first-order valence-corrected chi connectivity index (χ1v) is 8.61. The number of hydrogen-bond donors (Lipinski definition) is 2. The van der Waals surface area contributed by atoms with E-state index in [-0.39, 0.29) is 16.6 Å². The van der Waals surface area contributed by atoms with Crippen LogP contribution in [0.25, 0.3) is 0 Å². The minimum absolute atomic E-state index is 0.0602. The predicted octanol–water partition coefficient (Wildman–Crippen LogP) is 3.52. The molecular formula is C17H20ClF3N4O. The van der Waals surface area contributed by atoms with Crippen molar-refractivity contribution in [2.45, 2.75) is 56.9 Å². The molecular weight excluding hydrogens is 369 g/mol. The molecule has 5 nitrogen and oxygen atoms in total. The van der Waals surface area contributed by atoms with E-state index in [4.69, 9.17) is 11.6 Å². The highest BCUT2D eigenvalue weighted by molar-refractivity contribution is 6.29. The summed E-state index contributed by atoms with van der Waals surface area (Å²) in [5, 5.41) is 14.2. The molecule has 142 valence electrons. The van der Waals surface area contributed by atoms with Crippen molar-refractivity contribution in [2.75, 3.05) is 0 Å². The SMILES string of the molecule is CC(C)C[C@H](NC1(C#N)CC1)C(=O)N[C@@H](c1ccc(Cl)nc1)C(F)(F)F. The summed E-state index contributed by atoms with van der Waals surface area (Å²) in [5.74, 6) is -0.730. The molecule has 1 aromatic rings. The first kappa shape index (κ1) is 20.5. The number of hydrogen-bond acceptors (Lipinski definition) is 4. The zero-order chi connectivity index (χ0) is 19.5. The average molecular weight is 389 g/mol. The topological polar surface area (TPSA) is 77.8 Å². The summed E-state index contributed by atoms with van der Waals surface area (Å²) in [4.78, 5) is 16.2. The van der Waals surface area contributed by atoms with Gasteiger partial charge in [0.2, 0.25) is 5.91 Å². The van der Waals surface area contributed by atoms with E-state index in [1.54, 1.807) is 0 Å². The number of carbonyl (C=O) groups excluding carboxylic acids is 1. The van der Waals surface area contributed by atoms with E-state index in [0.717, 1.165) is 6.20 Å². The van der Waals surface area contributed by atoms with Gasteiger partial charge in [-0.3, -0.25) is 10.1 Å². The van der Waals surface area contributed by atoms with Crippen LogP contribution in [0.1, 0.15) is 44.7 Å². The van der Waals surface area contributed by atoms with E-state index < -0.39 is 29.7 Å². The Kier molecular flexibility index (Phi) is 6.14. The van der Waals surface area contributed by atoms with Crippen molar-refractivity contribution in [1.82, 2.24) is 15.6 Å². The van der Waals surface area contributed by atoms with Crippen molar-refractivity contribution >= 4 is 17.5 Å². The van der Waals surface area contributed by atoms with Crippen LogP contribution < -0.4 is 10.6 Å². The molecule has 0 aromatic carbocycles. The molecule has 0 aliphatic heterocycles. The number of aromatic nitrogens is 1. The Morgan fingerprint density at radius 1 is 1.42 bits per heavy atom. The first-order valence-electron chi connectivity index (χ1n) is 8.24. The summed E-state index contributed by atoms with van der Waals surface area (Å²) in [7, 11) is 0. The van der Waals surface area contributed by atoms with Gasteiger partial charge in [0.15, 0.2) is 6.04 Å². The van der Waals surface area contributed by atoms with Gasteiger partial charge in [-0.15, -0.1) is 0 Å². The number of amides is 1. The van der Waals surface area contributed by atoms with Crippen LogP contribution in [0.2, 0.25) is 5.15 Å². The fourth-order valence-corrected chi connectivity index (χ4v) is 2.72. The number of nitrogens with zero attached hydrogens (tertiary/aromatic N) is 2. The van der Waals surface area contributed by atoms with Crippen LogP contribution in [0.3, 0.4) is 0 Å². The number of alkyl halides is 3. The lowest BCUT2D eigenvalue weighted by Gasteiger charge is -2.27. The molecule has 9 heteroatoms. The van der Waals surface area contributed by atoms with Crippen molar-refractivity contribution in [1.29, 1.82) is 5.26 Å². The van der Waals surface area contributed by atoms with Crippen molar-refractivity contribution in [3.8, 4) is 6.07 Å². The second-order valence-electron chi connectivity index (χ2n) is 6.92. The van der Waals surface area contributed by atoms with Crippen molar-refractivity contribution in [3.63, 3.8) is 0 Å². The lowest BCUT2D eigenvalue weighted by atomic mass is 10.0. The maximum atomic E-state index is 13.5. The number of carbonyl (C=O) groups is 1. The van der Waals surface area contributed by atoms with Crippen LogP contribution in [-0.2, 0) is 4.79 Å². The molecule has 1 aliphatic carbocycles. The smallest absolute Gasteiger partial charge is 0.339 e. The van der Waals surface area contributed by atoms with Gasteiger partial charge in [-0.25, -0.2) is 4.98 Å². The van der Waals surface area contributed by atoms with Crippen molar-refractivity contribution < 1.29 is 18.0 Å². The molecule has 2 N–H and O–H groups in total. The van der Waals surface area contributed by atoms with Gasteiger partial charge in [0.1, 0.15) is 10.7 Å². The highest BCUT2D eigenvalue weighted by Gasteiger charge is 2.47. The Morgan fingerprint density at radius 2 is 2.08 bits per heavy atom. The Morgan fingerprint density at radius 3 is 2.50 bits per heavy atom. The van der Waals surface area contributed by atoms with Crippen molar-refractivity contribution in [2.24, 2.45) is 5.92 Å². The summed E-state index contributed by atoms with van der Waals surface area (Å²) in [6, 6.07) is 1.42. The second kappa shape index (κ2) is 7.80. The molecule has 0 saturated heterocycles. The Hall–Kier alpha value is -1.85. The zero-order valence-electron chi connectivity index (χ0n) is 14.4. The Bertz CT molecular complexity index is 681. The monoisotopic (exact) mass is 388 g/mol. The summed E-state index contributed by atoms with van der Waals surface area (Å²) in [6.07, 6.45) is -2.23. The minimum atomic E-state index is -4.69. The summed E-state index contributed by atoms with van der Waals surface area (Å²) < 4.78 is 40.4. The Balaban J connectivity index is 2.19. The number of nitriles is 1. The molecule has 2 rings (SSSR count). The molecule has 26 heavy (non-hydrogen) atoms. The van der Waals surface area contributed by atoms with E-state index in [0.29, 0.717) is 19.3 Å². The van der Waals surface area contributed by atoms with E-state index in [1.165, 1.54) is 12.1 Å². The first-order chi connectivity index (χ1) is 12.1. The molecule has 0 radical (unpaired) electrons. The molecule has 1 amide bonds. The van der Waals surface area contributed by atoms with Crippen molar-refractivity contribution in [3.05, 3.63) is 29.0 Å². The minimum Gasteiger partial charge on any atom is -0.339 e. The molecule has 1 fully saturated rings. The number of nitrogens with one attached hydrogen (secondary N) is 2. The molecule has 1 saturated carbocycles. The Labute approximate surface area is 154 Å². The third kappa shape index (κ3) is 5.32. The quantitative estimate of drug-likeness (QED) is 0.701. The van der Waals surface area contributed by atoms with Crippen LogP contribution >= 0.6 is 11.6 Å². The summed E-state index contributed by atoms with van der Waals surface area (Å²) in [6.45, 7) is 3.72. The highest BCUT2D eigenvalue weighted by Crippen LogP contribution is 2.36. The van der Waals surface area contributed by atoms with Gasteiger partial charge in [0.25, 0.3) is 0 Å². The third-order valence-electron chi connectivity index (χ3n) is 4.14. The molecule has 0 bridgehead atoms. The average Bonchev–Trinajstić information content (AvgIpc) is 3.31. The van der Waals surface area contributed by atoms with Crippen LogP contribution in [0.5, 0.6) is 0 Å². The molecule has 0 unspecified atom stereocenters. The van der Waals surface area contributed by atoms with Crippen LogP contribution in [0, 0.1) is 17.2 Å². The van der Waals surface area contributed by atoms with E-state index in [9.17, 15) is 23.2 Å². The fraction of sp³-hybridized carbons (Fsp3) is 0.588. The van der Waals surface area contributed by atoms with E-state index in [1.807, 2.05) is 13.8 Å². The van der Waals surface area contributed by atoms with Crippen LogP contribution in [0.4, 0.5) is 13.2 Å².